The number of nitrogens with zero attached hydrogens (tertiary/aromatic N) is 1. The van der Waals surface area contributed by atoms with Gasteiger partial charge in [-0.2, -0.15) is 0 Å². The van der Waals surface area contributed by atoms with Crippen LogP contribution in [0.15, 0.2) is 29.5 Å². The number of benzene rings is 1. The van der Waals surface area contributed by atoms with E-state index in [4.69, 9.17) is 9.84 Å². The lowest BCUT2D eigenvalue weighted by Crippen LogP contribution is -2.33. The number of aliphatic hydroxyl groups is 2. The van der Waals surface area contributed by atoms with E-state index in [-0.39, 0.29) is 30.2 Å². The van der Waals surface area contributed by atoms with Crippen molar-refractivity contribution in [3.63, 3.8) is 0 Å². The van der Waals surface area contributed by atoms with E-state index in [0.29, 0.717) is 12.2 Å². The number of hydrogen-bond acceptors (Lipinski definition) is 6. The molecule has 0 radical (unpaired) electrons. The lowest BCUT2D eigenvalue weighted by atomic mass is 9.96. The average molecular weight is 321 g/mol. The number of phenolic OH excluding ortho intramolecular Hbond substituents is 1. The van der Waals surface area contributed by atoms with Gasteiger partial charge in [0, 0.05) is 6.54 Å². The first kappa shape index (κ1) is 16.8. The van der Waals surface area contributed by atoms with Crippen molar-refractivity contribution in [2.75, 3.05) is 19.8 Å². The van der Waals surface area contributed by atoms with Crippen LogP contribution in [0.1, 0.15) is 25.5 Å². The Balaban J connectivity index is 2.54. The van der Waals surface area contributed by atoms with E-state index in [9.17, 15) is 19.8 Å². The van der Waals surface area contributed by atoms with Gasteiger partial charge < -0.3 is 25.0 Å². The molecule has 1 amide bonds. The Hall–Kier alpha value is -2.54. The molecule has 0 saturated heterocycles. The van der Waals surface area contributed by atoms with Gasteiger partial charge in [-0.3, -0.25) is 9.59 Å². The Labute approximate surface area is 133 Å². The summed E-state index contributed by atoms with van der Waals surface area (Å²) >= 11 is 0. The van der Waals surface area contributed by atoms with Crippen LogP contribution in [-0.4, -0.2) is 51.7 Å². The lowest BCUT2D eigenvalue weighted by Gasteiger charge is -2.26. The second-order valence-corrected chi connectivity index (χ2v) is 5.10. The number of phenols is 1. The fourth-order valence-corrected chi connectivity index (χ4v) is 2.67. The van der Waals surface area contributed by atoms with E-state index in [2.05, 4.69) is 0 Å². The first-order chi connectivity index (χ1) is 10.9. The molecule has 3 N–H and O–H groups in total. The molecule has 0 bridgehead atoms. The van der Waals surface area contributed by atoms with Gasteiger partial charge in [0.15, 0.2) is 23.0 Å². The summed E-state index contributed by atoms with van der Waals surface area (Å²) in [6.07, 6.45) is 0. The molecule has 1 aliphatic heterocycles. The van der Waals surface area contributed by atoms with Crippen molar-refractivity contribution in [3.05, 3.63) is 35.1 Å². The molecule has 124 valence electrons. The standard InChI is InChI=1S/C16H19NO6/c1-3-23-12-8-10(4-5-11(12)20)14-13(9(2)19)15(21)16(22)17(14)6-7-18/h4-5,8,14,18,20-21H,3,6-7H2,1-2H3/t14-/m0/s1. The van der Waals surface area contributed by atoms with Crippen LogP contribution < -0.4 is 4.74 Å². The molecule has 1 aromatic carbocycles. The van der Waals surface area contributed by atoms with Crippen molar-refractivity contribution in [1.29, 1.82) is 0 Å². The second kappa shape index (κ2) is 6.70. The van der Waals surface area contributed by atoms with E-state index in [1.807, 2.05) is 0 Å². The van der Waals surface area contributed by atoms with Crippen LogP contribution in [0.25, 0.3) is 0 Å². The van der Waals surface area contributed by atoms with Crippen LogP contribution in [0.2, 0.25) is 0 Å². The number of ketones is 1. The highest BCUT2D eigenvalue weighted by Crippen LogP contribution is 2.40. The normalized spacial score (nSPS) is 17.8. The van der Waals surface area contributed by atoms with Gasteiger partial charge in [0.25, 0.3) is 5.91 Å². The summed E-state index contributed by atoms with van der Waals surface area (Å²) in [5.74, 6) is -1.60. The first-order valence-electron chi connectivity index (χ1n) is 7.24. The Bertz CT molecular complexity index is 667. The van der Waals surface area contributed by atoms with E-state index < -0.39 is 23.5 Å². The lowest BCUT2D eigenvalue weighted by molar-refractivity contribution is -0.129. The van der Waals surface area contributed by atoms with E-state index in [1.54, 1.807) is 13.0 Å². The molecule has 0 aliphatic carbocycles. The number of carbonyl (C=O) groups is 2. The topological polar surface area (TPSA) is 107 Å². The summed E-state index contributed by atoms with van der Waals surface area (Å²) in [5, 5.41) is 28.9. The van der Waals surface area contributed by atoms with Gasteiger partial charge in [0.2, 0.25) is 0 Å². The van der Waals surface area contributed by atoms with Gasteiger partial charge in [0.1, 0.15) is 0 Å². The van der Waals surface area contributed by atoms with Crippen molar-refractivity contribution in [3.8, 4) is 11.5 Å². The first-order valence-corrected chi connectivity index (χ1v) is 7.24. The maximum atomic E-state index is 12.1. The fraction of sp³-hybridized carbons (Fsp3) is 0.375. The van der Waals surface area contributed by atoms with Crippen LogP contribution in [0, 0.1) is 0 Å². The molecule has 1 atom stereocenters. The van der Waals surface area contributed by atoms with Gasteiger partial charge in [-0.05, 0) is 31.5 Å². The number of ether oxygens (including phenoxy) is 1. The third-order valence-corrected chi connectivity index (χ3v) is 3.62. The average Bonchev–Trinajstić information content (AvgIpc) is 2.75. The zero-order valence-corrected chi connectivity index (χ0v) is 12.9. The Morgan fingerprint density at radius 3 is 2.61 bits per heavy atom. The fourth-order valence-electron chi connectivity index (χ4n) is 2.67. The summed E-state index contributed by atoms with van der Waals surface area (Å²) in [7, 11) is 0. The monoisotopic (exact) mass is 321 g/mol. The van der Waals surface area contributed by atoms with E-state index >= 15 is 0 Å². The molecule has 0 saturated carbocycles. The molecule has 0 spiro atoms. The number of aromatic hydroxyl groups is 1. The Kier molecular flexibility index (Phi) is 4.90. The predicted molar refractivity (Wildman–Crippen MR) is 81.2 cm³/mol. The van der Waals surface area contributed by atoms with Gasteiger partial charge >= 0.3 is 0 Å². The zero-order valence-electron chi connectivity index (χ0n) is 12.9. The summed E-state index contributed by atoms with van der Waals surface area (Å²) < 4.78 is 5.32. The minimum atomic E-state index is -0.827. The molecule has 23 heavy (non-hydrogen) atoms. The number of amides is 1. The minimum Gasteiger partial charge on any atom is -0.504 e. The van der Waals surface area contributed by atoms with E-state index in [0.717, 1.165) is 0 Å². The van der Waals surface area contributed by atoms with Crippen LogP contribution in [0.3, 0.4) is 0 Å². The Morgan fingerprint density at radius 2 is 2.04 bits per heavy atom. The summed E-state index contributed by atoms with van der Waals surface area (Å²) in [6.45, 7) is 3.02. The van der Waals surface area contributed by atoms with Crippen molar-refractivity contribution >= 4 is 11.7 Å². The predicted octanol–water partition coefficient (Wildman–Crippen LogP) is 1.07. The molecule has 2 rings (SSSR count). The molecule has 0 unspecified atom stereocenters. The smallest absolute Gasteiger partial charge is 0.290 e. The molecular formula is C16H19NO6. The molecular weight excluding hydrogens is 302 g/mol. The maximum absolute atomic E-state index is 12.1. The number of β-amino-alcohol motifs (C(OH)–C–C–N with tert-alkyl or cyclic N) is 1. The Morgan fingerprint density at radius 1 is 1.35 bits per heavy atom. The number of hydrogen-bond donors (Lipinski definition) is 3. The highest BCUT2D eigenvalue weighted by molar-refractivity contribution is 6.08. The second-order valence-electron chi connectivity index (χ2n) is 5.10. The number of aliphatic hydroxyl groups excluding tert-OH is 2. The highest BCUT2D eigenvalue weighted by Gasteiger charge is 2.42. The van der Waals surface area contributed by atoms with Gasteiger partial charge in [0.05, 0.1) is 24.8 Å². The maximum Gasteiger partial charge on any atom is 0.290 e. The van der Waals surface area contributed by atoms with Crippen molar-refractivity contribution in [1.82, 2.24) is 4.90 Å². The van der Waals surface area contributed by atoms with Crippen LogP contribution in [0.4, 0.5) is 0 Å². The molecule has 0 aromatic heterocycles. The number of carbonyl (C=O) groups excluding carboxylic acids is 2. The summed E-state index contributed by atoms with van der Waals surface area (Å²) in [5.41, 5.74) is 0.471. The molecule has 7 heteroatoms. The summed E-state index contributed by atoms with van der Waals surface area (Å²) in [4.78, 5) is 25.2. The minimum absolute atomic E-state index is 0.0309. The van der Waals surface area contributed by atoms with E-state index in [1.165, 1.54) is 24.0 Å². The van der Waals surface area contributed by atoms with Gasteiger partial charge in [-0.15, -0.1) is 0 Å². The van der Waals surface area contributed by atoms with Crippen LogP contribution in [0.5, 0.6) is 11.5 Å². The van der Waals surface area contributed by atoms with Gasteiger partial charge in [-0.1, -0.05) is 6.07 Å². The van der Waals surface area contributed by atoms with Crippen LogP contribution >= 0.6 is 0 Å². The van der Waals surface area contributed by atoms with Crippen molar-refractivity contribution < 1.29 is 29.6 Å². The van der Waals surface area contributed by atoms with Crippen LogP contribution in [-0.2, 0) is 9.59 Å². The van der Waals surface area contributed by atoms with Crippen molar-refractivity contribution in [2.45, 2.75) is 19.9 Å². The molecule has 7 nitrogen and oxygen atoms in total. The van der Waals surface area contributed by atoms with Gasteiger partial charge in [-0.25, -0.2) is 0 Å². The molecule has 0 fully saturated rings. The summed E-state index contributed by atoms with van der Waals surface area (Å²) in [6, 6.07) is 3.63. The number of rotatable bonds is 6. The zero-order chi connectivity index (χ0) is 17.1. The largest absolute Gasteiger partial charge is 0.504 e. The SMILES string of the molecule is CCOc1cc([C@H]2C(C(C)=O)=C(O)C(=O)N2CCO)ccc1O. The quantitative estimate of drug-likeness (QED) is 0.723. The van der Waals surface area contributed by atoms with Crippen molar-refractivity contribution in [2.24, 2.45) is 0 Å². The highest BCUT2D eigenvalue weighted by atomic mass is 16.5. The molecule has 1 aliphatic rings. The molecule has 1 heterocycles. The third-order valence-electron chi connectivity index (χ3n) is 3.62. The molecule has 1 aromatic rings. The third kappa shape index (κ3) is 3.00. The number of Topliss-reactive ketones (excluding diaryl/α,β-unsaturated/α-hetero) is 1.